The molecule has 0 saturated heterocycles. The Morgan fingerprint density at radius 3 is 2.50 bits per heavy atom. The lowest BCUT2D eigenvalue weighted by Crippen LogP contribution is -2.20. The Labute approximate surface area is 113 Å². The van der Waals surface area contributed by atoms with Gasteiger partial charge in [0.15, 0.2) is 0 Å². The molecule has 1 atom stereocenters. The fourth-order valence-electron chi connectivity index (χ4n) is 1.68. The zero-order valence-corrected chi connectivity index (χ0v) is 11.7. The molecule has 0 spiro atoms. The van der Waals surface area contributed by atoms with Crippen molar-refractivity contribution in [1.82, 2.24) is 5.32 Å². The van der Waals surface area contributed by atoms with Gasteiger partial charge in [-0.15, -0.1) is 0 Å². The fraction of sp³-hybridized carbons (Fsp3) is 0.500. The predicted molar refractivity (Wildman–Crippen MR) is 67.8 cm³/mol. The summed E-state index contributed by atoms with van der Waals surface area (Å²) in [5.41, 5.74) is 0.794. The van der Waals surface area contributed by atoms with Gasteiger partial charge < -0.3 is 10.1 Å². The molecule has 18 heavy (non-hydrogen) atoms. The molecule has 0 saturated carbocycles. The molecule has 1 rings (SSSR count). The van der Waals surface area contributed by atoms with Gasteiger partial charge in [-0.25, -0.2) is 0 Å². The van der Waals surface area contributed by atoms with E-state index in [1.165, 1.54) is 0 Å². The maximum atomic E-state index is 12.2. The second-order valence-corrected chi connectivity index (χ2v) is 4.74. The van der Waals surface area contributed by atoms with Crippen molar-refractivity contribution in [3.05, 3.63) is 28.2 Å². The maximum absolute atomic E-state index is 12.2. The van der Waals surface area contributed by atoms with Crippen molar-refractivity contribution >= 4 is 15.9 Å². The molecule has 1 aromatic carbocycles. The van der Waals surface area contributed by atoms with Crippen LogP contribution in [0.5, 0.6) is 5.75 Å². The highest BCUT2D eigenvalue weighted by Gasteiger charge is 2.28. The smallest absolute Gasteiger partial charge is 0.389 e. The molecule has 0 aromatic heterocycles. The van der Waals surface area contributed by atoms with Gasteiger partial charge in [0.1, 0.15) is 5.75 Å². The molecule has 0 radical (unpaired) electrons. The molecule has 1 aromatic rings. The Bertz CT molecular complexity index is 395. The van der Waals surface area contributed by atoms with Crippen LogP contribution in [-0.4, -0.2) is 20.3 Å². The zero-order valence-electron chi connectivity index (χ0n) is 10.1. The third-order valence-electron chi connectivity index (χ3n) is 2.65. The van der Waals surface area contributed by atoms with Crippen molar-refractivity contribution in [2.24, 2.45) is 0 Å². The quantitative estimate of drug-likeness (QED) is 0.881. The highest BCUT2D eigenvalue weighted by molar-refractivity contribution is 9.10. The number of benzene rings is 1. The lowest BCUT2D eigenvalue weighted by Gasteiger charge is -2.19. The van der Waals surface area contributed by atoms with E-state index in [1.54, 1.807) is 32.4 Å². The molecule has 1 unspecified atom stereocenters. The van der Waals surface area contributed by atoms with Gasteiger partial charge in [-0.1, -0.05) is 22.0 Å². The summed E-state index contributed by atoms with van der Waals surface area (Å²) in [6, 6.07) is 4.90. The van der Waals surface area contributed by atoms with E-state index in [4.69, 9.17) is 4.74 Å². The first kappa shape index (κ1) is 15.3. The highest BCUT2D eigenvalue weighted by Crippen LogP contribution is 2.32. The number of hydrogen-bond acceptors (Lipinski definition) is 2. The minimum atomic E-state index is -4.13. The van der Waals surface area contributed by atoms with E-state index in [0.29, 0.717) is 5.75 Å². The van der Waals surface area contributed by atoms with E-state index in [9.17, 15) is 13.2 Å². The molecule has 0 aliphatic carbocycles. The van der Waals surface area contributed by atoms with Crippen LogP contribution < -0.4 is 10.1 Å². The summed E-state index contributed by atoms with van der Waals surface area (Å²) in [5.74, 6) is 0.663. The van der Waals surface area contributed by atoms with E-state index in [2.05, 4.69) is 21.2 Å². The molecule has 6 heteroatoms. The number of halogens is 4. The average Bonchev–Trinajstić information content (AvgIpc) is 2.30. The number of rotatable bonds is 5. The number of alkyl halides is 3. The van der Waals surface area contributed by atoms with E-state index in [1.807, 2.05) is 0 Å². The van der Waals surface area contributed by atoms with Crippen LogP contribution in [0.3, 0.4) is 0 Å². The predicted octanol–water partition coefficient (Wildman–Crippen LogP) is 4.06. The van der Waals surface area contributed by atoms with Gasteiger partial charge >= 0.3 is 6.18 Å². The first-order valence-electron chi connectivity index (χ1n) is 5.45. The third kappa shape index (κ3) is 4.49. The summed E-state index contributed by atoms with van der Waals surface area (Å²) < 4.78 is 42.5. The van der Waals surface area contributed by atoms with Crippen molar-refractivity contribution in [2.45, 2.75) is 25.1 Å². The first-order chi connectivity index (χ1) is 8.37. The van der Waals surface area contributed by atoms with Crippen LogP contribution in [0.25, 0.3) is 0 Å². The zero-order chi connectivity index (χ0) is 13.8. The number of hydrogen-bond donors (Lipinski definition) is 1. The minimum Gasteiger partial charge on any atom is -0.497 e. The summed E-state index contributed by atoms with van der Waals surface area (Å²) in [7, 11) is 3.19. The molecule has 2 nitrogen and oxygen atoms in total. The lowest BCUT2D eigenvalue weighted by atomic mass is 10.0. The molecule has 0 amide bonds. The number of ether oxygens (including phenoxy) is 1. The Hall–Kier alpha value is -0.750. The van der Waals surface area contributed by atoms with Crippen LogP contribution >= 0.6 is 15.9 Å². The third-order valence-corrected chi connectivity index (χ3v) is 3.33. The van der Waals surface area contributed by atoms with Crippen LogP contribution in [0.1, 0.15) is 24.4 Å². The van der Waals surface area contributed by atoms with Crippen molar-refractivity contribution in [3.63, 3.8) is 0 Å². The van der Waals surface area contributed by atoms with Crippen LogP contribution in [0, 0.1) is 0 Å². The van der Waals surface area contributed by atoms with Gasteiger partial charge in [0, 0.05) is 16.9 Å². The van der Waals surface area contributed by atoms with Crippen LogP contribution in [-0.2, 0) is 0 Å². The lowest BCUT2D eigenvalue weighted by molar-refractivity contribution is -0.136. The standard InChI is InChI=1S/C12H15BrF3NO/c1-17-11(5-6-12(14,15)16)9-4-3-8(18-2)7-10(9)13/h3-4,7,11,17H,5-6H2,1-2H3. The second kappa shape index (κ2) is 6.43. The monoisotopic (exact) mass is 325 g/mol. The summed E-state index contributed by atoms with van der Waals surface area (Å²) >= 11 is 3.35. The van der Waals surface area contributed by atoms with Crippen LogP contribution in [0.4, 0.5) is 13.2 Å². The number of nitrogens with one attached hydrogen (secondary N) is 1. The Morgan fingerprint density at radius 1 is 1.39 bits per heavy atom. The van der Waals surface area contributed by atoms with Crippen LogP contribution in [0.15, 0.2) is 22.7 Å². The first-order valence-corrected chi connectivity index (χ1v) is 6.24. The molecule has 102 valence electrons. The molecular formula is C12H15BrF3NO. The highest BCUT2D eigenvalue weighted by atomic mass is 79.9. The van der Waals surface area contributed by atoms with Crippen molar-refractivity contribution in [2.75, 3.05) is 14.2 Å². The van der Waals surface area contributed by atoms with E-state index < -0.39 is 12.6 Å². The second-order valence-electron chi connectivity index (χ2n) is 3.88. The van der Waals surface area contributed by atoms with Gasteiger partial charge in [0.05, 0.1) is 7.11 Å². The molecule has 0 bridgehead atoms. The molecular weight excluding hydrogens is 311 g/mol. The van der Waals surface area contributed by atoms with E-state index in [-0.39, 0.29) is 12.5 Å². The maximum Gasteiger partial charge on any atom is 0.389 e. The molecule has 0 fully saturated rings. The summed E-state index contributed by atoms with van der Waals surface area (Å²) in [5, 5.41) is 2.90. The summed E-state index contributed by atoms with van der Waals surface area (Å²) in [6.45, 7) is 0. The average molecular weight is 326 g/mol. The molecule has 0 heterocycles. The van der Waals surface area contributed by atoms with Gasteiger partial charge in [0.2, 0.25) is 0 Å². The van der Waals surface area contributed by atoms with Crippen molar-refractivity contribution in [3.8, 4) is 5.75 Å². The Kier molecular flexibility index (Phi) is 5.47. The Balaban J connectivity index is 2.82. The normalized spacial score (nSPS) is 13.4. The van der Waals surface area contributed by atoms with Crippen molar-refractivity contribution < 1.29 is 17.9 Å². The SMILES string of the molecule is CNC(CCC(F)(F)F)c1ccc(OC)cc1Br. The summed E-state index contributed by atoms with van der Waals surface area (Å²) in [6.07, 6.45) is -4.93. The largest absolute Gasteiger partial charge is 0.497 e. The van der Waals surface area contributed by atoms with Gasteiger partial charge in [0.25, 0.3) is 0 Å². The fourth-order valence-corrected chi connectivity index (χ4v) is 2.31. The van der Waals surface area contributed by atoms with Crippen molar-refractivity contribution in [1.29, 1.82) is 0 Å². The topological polar surface area (TPSA) is 21.3 Å². The van der Waals surface area contributed by atoms with E-state index in [0.717, 1.165) is 10.0 Å². The summed E-state index contributed by atoms with van der Waals surface area (Å²) in [4.78, 5) is 0. The van der Waals surface area contributed by atoms with Crippen LogP contribution in [0.2, 0.25) is 0 Å². The van der Waals surface area contributed by atoms with E-state index >= 15 is 0 Å². The van der Waals surface area contributed by atoms with Gasteiger partial charge in [-0.2, -0.15) is 13.2 Å². The molecule has 1 N–H and O–H groups in total. The molecule has 0 aliphatic heterocycles. The Morgan fingerprint density at radius 2 is 2.06 bits per heavy atom. The molecule has 0 aliphatic rings. The van der Waals surface area contributed by atoms with Gasteiger partial charge in [-0.3, -0.25) is 0 Å². The minimum absolute atomic E-state index is 0.00489. The van der Waals surface area contributed by atoms with Gasteiger partial charge in [-0.05, 0) is 31.2 Å². The number of methoxy groups -OCH3 is 1.